The van der Waals surface area contributed by atoms with Crippen molar-refractivity contribution in [2.45, 2.75) is 12.6 Å². The van der Waals surface area contributed by atoms with Gasteiger partial charge in [-0.15, -0.1) is 0 Å². The summed E-state index contributed by atoms with van der Waals surface area (Å²) in [5.41, 5.74) is 7.12. The van der Waals surface area contributed by atoms with Crippen LogP contribution in [0.2, 0.25) is 0 Å². The lowest BCUT2D eigenvalue weighted by Gasteiger charge is -2.11. The molecule has 0 saturated heterocycles. The van der Waals surface area contributed by atoms with Crippen LogP contribution >= 0.6 is 0 Å². The molecular weight excluding hydrogens is 252 g/mol. The SMILES string of the molecule is CNC(=O)CS(=O)CC(O)c1ccc(CN)cc1. The number of nitrogens with two attached hydrogens (primary N) is 1. The third kappa shape index (κ3) is 4.56. The van der Waals surface area contributed by atoms with Crippen LogP contribution < -0.4 is 11.1 Å². The van der Waals surface area contributed by atoms with Gasteiger partial charge in [0.2, 0.25) is 5.91 Å². The van der Waals surface area contributed by atoms with Crippen LogP contribution in [0, 0.1) is 0 Å². The number of nitrogens with one attached hydrogen (secondary N) is 1. The molecule has 0 saturated carbocycles. The maximum atomic E-state index is 11.6. The molecule has 2 unspecified atom stereocenters. The lowest BCUT2D eigenvalue weighted by Crippen LogP contribution is -2.26. The Morgan fingerprint density at radius 3 is 2.56 bits per heavy atom. The Labute approximate surface area is 109 Å². The van der Waals surface area contributed by atoms with Crippen molar-refractivity contribution in [3.8, 4) is 0 Å². The highest BCUT2D eigenvalue weighted by molar-refractivity contribution is 7.85. The van der Waals surface area contributed by atoms with Gasteiger partial charge in [-0.25, -0.2) is 0 Å². The molecule has 0 radical (unpaired) electrons. The van der Waals surface area contributed by atoms with E-state index in [1.54, 1.807) is 12.1 Å². The smallest absolute Gasteiger partial charge is 0.232 e. The topological polar surface area (TPSA) is 92.4 Å². The number of hydrogen-bond acceptors (Lipinski definition) is 4. The minimum atomic E-state index is -1.37. The summed E-state index contributed by atoms with van der Waals surface area (Å²) in [5.74, 6) is -0.330. The molecule has 0 aliphatic heterocycles. The van der Waals surface area contributed by atoms with Gasteiger partial charge in [0.05, 0.1) is 11.9 Å². The van der Waals surface area contributed by atoms with E-state index in [-0.39, 0.29) is 17.4 Å². The Bertz CT molecular complexity index is 420. The van der Waals surface area contributed by atoms with Gasteiger partial charge in [-0.1, -0.05) is 24.3 Å². The van der Waals surface area contributed by atoms with Gasteiger partial charge in [0.25, 0.3) is 0 Å². The van der Waals surface area contributed by atoms with Crippen molar-refractivity contribution in [2.24, 2.45) is 5.73 Å². The van der Waals surface area contributed by atoms with Gasteiger partial charge in [0, 0.05) is 24.4 Å². The van der Waals surface area contributed by atoms with Crippen molar-refractivity contribution >= 4 is 16.7 Å². The van der Waals surface area contributed by atoms with Crippen LogP contribution in [0.5, 0.6) is 0 Å². The largest absolute Gasteiger partial charge is 0.387 e. The molecule has 4 N–H and O–H groups in total. The normalized spacial score (nSPS) is 13.9. The molecule has 0 spiro atoms. The maximum Gasteiger partial charge on any atom is 0.232 e. The fourth-order valence-electron chi connectivity index (χ4n) is 1.43. The monoisotopic (exact) mass is 270 g/mol. The Morgan fingerprint density at radius 1 is 1.44 bits per heavy atom. The van der Waals surface area contributed by atoms with Gasteiger partial charge in [0.15, 0.2) is 0 Å². The zero-order valence-corrected chi connectivity index (χ0v) is 11.1. The van der Waals surface area contributed by atoms with E-state index in [1.807, 2.05) is 12.1 Å². The molecule has 0 bridgehead atoms. The van der Waals surface area contributed by atoms with Crippen LogP contribution in [0.15, 0.2) is 24.3 Å². The maximum absolute atomic E-state index is 11.6. The number of aliphatic hydroxyl groups is 1. The number of rotatable bonds is 6. The predicted molar refractivity (Wildman–Crippen MR) is 71.2 cm³/mol. The van der Waals surface area contributed by atoms with Crippen molar-refractivity contribution in [1.82, 2.24) is 5.32 Å². The van der Waals surface area contributed by atoms with E-state index in [0.29, 0.717) is 12.1 Å². The van der Waals surface area contributed by atoms with E-state index in [9.17, 15) is 14.1 Å². The lowest BCUT2D eigenvalue weighted by molar-refractivity contribution is -0.118. The predicted octanol–water partition coefficient (Wildman–Crippen LogP) is -0.327. The summed E-state index contributed by atoms with van der Waals surface area (Å²) in [6.45, 7) is 0.443. The molecule has 1 amide bonds. The van der Waals surface area contributed by atoms with Crippen LogP contribution in [0.1, 0.15) is 17.2 Å². The molecule has 0 aliphatic carbocycles. The molecule has 0 heterocycles. The van der Waals surface area contributed by atoms with E-state index in [2.05, 4.69) is 5.32 Å². The number of carbonyl (C=O) groups is 1. The molecule has 1 aromatic carbocycles. The number of amides is 1. The Hall–Kier alpha value is -1.24. The van der Waals surface area contributed by atoms with Crippen molar-refractivity contribution in [3.05, 3.63) is 35.4 Å². The number of aliphatic hydroxyl groups excluding tert-OH is 1. The standard InChI is InChI=1S/C12H18N2O3S/c1-14-12(16)8-18(17)7-11(15)10-4-2-9(6-13)3-5-10/h2-5,11,15H,6-8,13H2,1H3,(H,14,16). The summed E-state index contributed by atoms with van der Waals surface area (Å²) in [7, 11) is 0.113. The minimum Gasteiger partial charge on any atom is -0.387 e. The summed E-state index contributed by atoms with van der Waals surface area (Å²) in [6, 6.07) is 7.15. The number of hydrogen-bond donors (Lipinski definition) is 3. The van der Waals surface area contributed by atoms with Gasteiger partial charge in [-0.2, -0.15) is 0 Å². The number of benzene rings is 1. The highest BCUT2D eigenvalue weighted by Gasteiger charge is 2.14. The van der Waals surface area contributed by atoms with Gasteiger partial charge in [-0.3, -0.25) is 9.00 Å². The second-order valence-corrected chi connectivity index (χ2v) is 5.39. The lowest BCUT2D eigenvalue weighted by atomic mass is 10.1. The van der Waals surface area contributed by atoms with Crippen LogP contribution in [-0.4, -0.2) is 33.8 Å². The van der Waals surface area contributed by atoms with Gasteiger partial charge >= 0.3 is 0 Å². The Kier molecular flexibility index (Phi) is 5.97. The average molecular weight is 270 g/mol. The first kappa shape index (κ1) is 14.8. The highest BCUT2D eigenvalue weighted by Crippen LogP contribution is 2.14. The molecule has 1 aromatic rings. The third-order valence-corrected chi connectivity index (χ3v) is 3.79. The van der Waals surface area contributed by atoms with Crippen LogP contribution in [-0.2, 0) is 22.1 Å². The quantitative estimate of drug-likeness (QED) is 0.660. The first-order valence-electron chi connectivity index (χ1n) is 5.59. The molecule has 1 rings (SSSR count). The van der Waals surface area contributed by atoms with Crippen molar-refractivity contribution < 1.29 is 14.1 Å². The van der Waals surface area contributed by atoms with E-state index >= 15 is 0 Å². The molecule has 100 valence electrons. The highest BCUT2D eigenvalue weighted by atomic mass is 32.2. The summed E-state index contributed by atoms with van der Waals surface area (Å²) in [6.07, 6.45) is -0.831. The molecule has 0 aliphatic rings. The van der Waals surface area contributed by atoms with E-state index in [0.717, 1.165) is 5.56 Å². The Balaban J connectivity index is 2.56. The van der Waals surface area contributed by atoms with Crippen LogP contribution in [0.4, 0.5) is 0 Å². The zero-order chi connectivity index (χ0) is 13.5. The molecule has 18 heavy (non-hydrogen) atoms. The molecule has 6 heteroatoms. The summed E-state index contributed by atoms with van der Waals surface area (Å²) < 4.78 is 11.6. The average Bonchev–Trinajstić information content (AvgIpc) is 2.38. The van der Waals surface area contributed by atoms with Crippen LogP contribution in [0.3, 0.4) is 0 Å². The zero-order valence-electron chi connectivity index (χ0n) is 10.3. The van der Waals surface area contributed by atoms with Gasteiger partial charge < -0.3 is 16.2 Å². The second-order valence-electron chi connectivity index (χ2n) is 3.89. The van der Waals surface area contributed by atoms with Crippen molar-refractivity contribution in [1.29, 1.82) is 0 Å². The van der Waals surface area contributed by atoms with Gasteiger partial charge in [-0.05, 0) is 11.1 Å². The second kappa shape index (κ2) is 7.25. The minimum absolute atomic E-state index is 0.0510. The Morgan fingerprint density at radius 2 is 2.06 bits per heavy atom. The van der Waals surface area contributed by atoms with E-state index in [4.69, 9.17) is 5.73 Å². The van der Waals surface area contributed by atoms with E-state index < -0.39 is 16.9 Å². The fourth-order valence-corrected chi connectivity index (χ4v) is 2.52. The molecule has 0 aromatic heterocycles. The van der Waals surface area contributed by atoms with Crippen molar-refractivity contribution in [2.75, 3.05) is 18.6 Å². The fraction of sp³-hybridized carbons (Fsp3) is 0.417. The molecule has 5 nitrogen and oxygen atoms in total. The molecular formula is C12H18N2O3S. The first-order chi connectivity index (χ1) is 8.56. The number of carbonyl (C=O) groups excluding carboxylic acids is 1. The molecule has 2 atom stereocenters. The summed E-state index contributed by atoms with van der Waals surface area (Å²) in [5, 5.41) is 12.3. The van der Waals surface area contributed by atoms with Crippen LogP contribution in [0.25, 0.3) is 0 Å². The summed E-state index contributed by atoms with van der Waals surface area (Å²) in [4.78, 5) is 11.0. The third-order valence-electron chi connectivity index (χ3n) is 2.51. The summed E-state index contributed by atoms with van der Waals surface area (Å²) >= 11 is 0. The van der Waals surface area contributed by atoms with Gasteiger partial charge in [0.1, 0.15) is 5.75 Å². The molecule has 0 fully saturated rings. The van der Waals surface area contributed by atoms with E-state index in [1.165, 1.54) is 7.05 Å². The van der Waals surface area contributed by atoms with Crippen molar-refractivity contribution in [3.63, 3.8) is 0 Å². The first-order valence-corrected chi connectivity index (χ1v) is 7.08.